The lowest BCUT2D eigenvalue weighted by atomic mass is 9.90. The van der Waals surface area contributed by atoms with E-state index >= 15 is 0 Å². The summed E-state index contributed by atoms with van der Waals surface area (Å²) in [4.78, 5) is 36.6. The van der Waals surface area contributed by atoms with Crippen LogP contribution in [0, 0.1) is 5.92 Å². The molecule has 0 aromatic rings. The lowest BCUT2D eigenvalue weighted by Gasteiger charge is -2.37. The van der Waals surface area contributed by atoms with Crippen molar-refractivity contribution < 1.29 is 42.8 Å². The molecular weight excluding hydrogens is 540 g/mol. The summed E-state index contributed by atoms with van der Waals surface area (Å²) in [6.07, 6.45) is 15.8. The summed E-state index contributed by atoms with van der Waals surface area (Å²) in [6.45, 7) is 6.34. The maximum atomic E-state index is 13.2. The van der Waals surface area contributed by atoms with Crippen LogP contribution in [0.1, 0.15) is 78.6 Å². The van der Waals surface area contributed by atoms with Crippen LogP contribution in [0.2, 0.25) is 0 Å². The number of cyclic esters (lactones) is 1. The van der Waals surface area contributed by atoms with Gasteiger partial charge in [0.25, 0.3) is 0 Å². The molecule has 0 N–H and O–H groups in total. The van der Waals surface area contributed by atoms with Gasteiger partial charge in [0.15, 0.2) is 0 Å². The highest BCUT2D eigenvalue weighted by Crippen LogP contribution is 2.33. The van der Waals surface area contributed by atoms with Crippen LogP contribution in [-0.4, -0.2) is 75.4 Å². The van der Waals surface area contributed by atoms with E-state index in [-0.39, 0.29) is 55.1 Å². The lowest BCUT2D eigenvalue weighted by Crippen LogP contribution is -2.38. The number of esters is 3. The fourth-order valence-electron chi connectivity index (χ4n) is 5.66. The third kappa shape index (κ3) is 11.9. The Bertz CT molecular complexity index is 1030. The predicted molar refractivity (Wildman–Crippen MR) is 157 cm³/mol. The number of rotatable bonds is 6. The van der Waals surface area contributed by atoms with Gasteiger partial charge in [-0.15, -0.1) is 0 Å². The second-order valence-corrected chi connectivity index (χ2v) is 11.7. The highest BCUT2D eigenvalue weighted by atomic mass is 16.6. The van der Waals surface area contributed by atoms with Crippen molar-refractivity contribution >= 4 is 17.9 Å². The van der Waals surface area contributed by atoms with E-state index in [9.17, 15) is 14.4 Å². The van der Waals surface area contributed by atoms with E-state index in [1.54, 1.807) is 0 Å². The molecule has 4 bridgehead atoms. The minimum absolute atomic E-state index is 0.00263. The summed E-state index contributed by atoms with van der Waals surface area (Å²) in [6, 6.07) is 0. The van der Waals surface area contributed by atoms with Gasteiger partial charge in [-0.05, 0) is 58.4 Å². The fourth-order valence-corrected chi connectivity index (χ4v) is 5.66. The van der Waals surface area contributed by atoms with E-state index < -0.39 is 18.2 Å². The first-order chi connectivity index (χ1) is 20.1. The molecule has 9 heteroatoms. The van der Waals surface area contributed by atoms with Gasteiger partial charge in [-0.3, -0.25) is 9.59 Å². The average Bonchev–Trinajstić information content (AvgIpc) is 2.94. The van der Waals surface area contributed by atoms with Gasteiger partial charge in [0, 0.05) is 18.4 Å². The van der Waals surface area contributed by atoms with Crippen molar-refractivity contribution in [3.63, 3.8) is 0 Å². The molecule has 3 rings (SSSR count). The highest BCUT2D eigenvalue weighted by molar-refractivity contribution is 5.82. The molecule has 3 heterocycles. The molecule has 7 unspecified atom stereocenters. The number of hydrogen-bond donors (Lipinski definition) is 0. The van der Waals surface area contributed by atoms with Crippen LogP contribution in [0.4, 0.5) is 0 Å². The fraction of sp³-hybridized carbons (Fsp3) is 0.667. The normalized spacial score (nSPS) is 33.0. The van der Waals surface area contributed by atoms with E-state index in [1.807, 2.05) is 44.2 Å². The van der Waals surface area contributed by atoms with Crippen LogP contribution in [0.5, 0.6) is 0 Å². The molecule has 0 saturated carbocycles. The van der Waals surface area contributed by atoms with E-state index in [0.717, 1.165) is 36.8 Å². The molecule has 0 aromatic heterocycles. The Labute approximate surface area is 250 Å². The molecule has 234 valence electrons. The molecular formula is C33H48O9. The van der Waals surface area contributed by atoms with Crippen LogP contribution < -0.4 is 0 Å². The van der Waals surface area contributed by atoms with Crippen molar-refractivity contribution in [2.45, 2.75) is 115 Å². The number of carbonyl (C=O) groups is 3. The predicted octanol–water partition coefficient (Wildman–Crippen LogP) is 5.33. The smallest absolute Gasteiger partial charge is 0.330 e. The van der Waals surface area contributed by atoms with Gasteiger partial charge in [0.05, 0.1) is 64.2 Å². The molecule has 42 heavy (non-hydrogen) atoms. The van der Waals surface area contributed by atoms with E-state index in [1.165, 1.54) is 20.3 Å². The van der Waals surface area contributed by atoms with Crippen molar-refractivity contribution in [1.29, 1.82) is 0 Å². The summed E-state index contributed by atoms with van der Waals surface area (Å²) in [5.41, 5.74) is 1.79. The second kappa shape index (κ2) is 17.4. The molecule has 0 radical (unpaired) electrons. The monoisotopic (exact) mass is 588 g/mol. The largest absolute Gasteiger partial charge is 0.469 e. The zero-order chi connectivity index (χ0) is 30.5. The van der Waals surface area contributed by atoms with Gasteiger partial charge in [0.2, 0.25) is 0 Å². The summed E-state index contributed by atoms with van der Waals surface area (Å²) in [5, 5.41) is 0. The maximum absolute atomic E-state index is 13.2. The van der Waals surface area contributed by atoms with Crippen LogP contribution in [0.15, 0.2) is 47.6 Å². The zero-order valence-electron chi connectivity index (χ0n) is 25.8. The van der Waals surface area contributed by atoms with Crippen molar-refractivity contribution in [3.05, 3.63) is 47.6 Å². The quantitative estimate of drug-likeness (QED) is 0.176. The van der Waals surface area contributed by atoms with Crippen LogP contribution in [0.3, 0.4) is 0 Å². The average molecular weight is 589 g/mol. The topological polar surface area (TPSA) is 107 Å². The van der Waals surface area contributed by atoms with Crippen LogP contribution in [0.25, 0.3) is 0 Å². The van der Waals surface area contributed by atoms with Gasteiger partial charge in [-0.1, -0.05) is 42.4 Å². The first-order valence-electron chi connectivity index (χ1n) is 15.1. The molecule has 0 aliphatic carbocycles. The molecule has 3 saturated heterocycles. The van der Waals surface area contributed by atoms with Crippen molar-refractivity contribution in [2.24, 2.45) is 5.92 Å². The number of allylic oxidation sites excluding steroid dienone is 4. The molecule has 0 amide bonds. The molecule has 9 nitrogen and oxygen atoms in total. The Kier molecular flexibility index (Phi) is 14.0. The number of hydrogen-bond acceptors (Lipinski definition) is 9. The SMILES string of the molecule is COC(=O)/C=C1\CC2CC(=O)OC(/C=C/C=C\C=C(/C)CC(=O)OC)C(C)COC(C)CC3CCCC(CC(C1)O2)O3. The maximum Gasteiger partial charge on any atom is 0.330 e. The summed E-state index contributed by atoms with van der Waals surface area (Å²) in [5.74, 6) is -1.16. The summed E-state index contributed by atoms with van der Waals surface area (Å²) >= 11 is 0. The van der Waals surface area contributed by atoms with Gasteiger partial charge < -0.3 is 28.4 Å². The van der Waals surface area contributed by atoms with Gasteiger partial charge in [-0.25, -0.2) is 4.79 Å². The zero-order valence-corrected chi connectivity index (χ0v) is 25.8. The molecule has 3 fully saturated rings. The van der Waals surface area contributed by atoms with Crippen molar-refractivity contribution in [1.82, 2.24) is 0 Å². The number of fused-ring (bicyclic) bond motifs is 4. The van der Waals surface area contributed by atoms with E-state index in [4.69, 9.17) is 28.4 Å². The van der Waals surface area contributed by atoms with Crippen LogP contribution >= 0.6 is 0 Å². The van der Waals surface area contributed by atoms with Gasteiger partial charge >= 0.3 is 17.9 Å². The first kappa shape index (κ1) is 33.7. The highest BCUT2D eigenvalue weighted by Gasteiger charge is 2.33. The molecule has 3 aliphatic heterocycles. The number of methoxy groups -OCH3 is 2. The molecule has 7 atom stereocenters. The van der Waals surface area contributed by atoms with Crippen molar-refractivity contribution in [2.75, 3.05) is 20.8 Å². The Hall–Kier alpha value is -2.75. The first-order valence-corrected chi connectivity index (χ1v) is 15.1. The lowest BCUT2D eigenvalue weighted by molar-refractivity contribution is -0.158. The molecule has 3 aliphatic rings. The number of carbonyl (C=O) groups excluding carboxylic acids is 3. The number of ether oxygens (including phenoxy) is 6. The summed E-state index contributed by atoms with van der Waals surface area (Å²) in [7, 11) is 2.73. The Morgan fingerprint density at radius 3 is 2.36 bits per heavy atom. The van der Waals surface area contributed by atoms with Crippen molar-refractivity contribution in [3.8, 4) is 0 Å². The van der Waals surface area contributed by atoms with Crippen LogP contribution in [-0.2, 0) is 42.8 Å². The van der Waals surface area contributed by atoms with Gasteiger partial charge in [0.1, 0.15) is 6.10 Å². The molecule has 0 aromatic carbocycles. The van der Waals surface area contributed by atoms with Gasteiger partial charge in [-0.2, -0.15) is 0 Å². The Balaban J connectivity index is 1.76. The Morgan fingerprint density at radius 2 is 1.62 bits per heavy atom. The Morgan fingerprint density at radius 1 is 0.905 bits per heavy atom. The second-order valence-electron chi connectivity index (χ2n) is 11.7. The van der Waals surface area contributed by atoms with E-state index in [0.29, 0.717) is 25.9 Å². The minimum Gasteiger partial charge on any atom is -0.469 e. The van der Waals surface area contributed by atoms with E-state index in [2.05, 4.69) is 6.92 Å². The summed E-state index contributed by atoms with van der Waals surface area (Å²) < 4.78 is 34.6. The molecule has 0 spiro atoms. The third-order valence-corrected chi connectivity index (χ3v) is 7.87. The third-order valence-electron chi connectivity index (χ3n) is 7.87. The minimum atomic E-state index is -0.512. The standard InChI is InChI=1S/C33H48O9/c1-22(14-31(34)37-4)10-7-6-8-13-30-23(2)21-39-24(3)15-26-11-9-12-27(40-26)19-28-16-25(18-32(35)38-5)17-29(41-28)20-33(36)42-30/h6-8,10,13,18,23-24,26-30H,9,11-12,14-17,19-21H2,1-5H3/b7-6-,13-8+,22-10+,25-18-.